The summed E-state index contributed by atoms with van der Waals surface area (Å²) in [6, 6.07) is 0. The Balaban J connectivity index is 1.96. The van der Waals surface area contributed by atoms with E-state index in [2.05, 4.69) is 17.1 Å². The normalized spacial score (nSPS) is 18.2. The highest BCUT2D eigenvalue weighted by atomic mass is 16.5. The number of nitrogens with one attached hydrogen (secondary N) is 1. The number of hydrogen-bond acceptors (Lipinski definition) is 3. The molecule has 1 heterocycles. The van der Waals surface area contributed by atoms with Crippen molar-refractivity contribution in [1.29, 1.82) is 0 Å². The van der Waals surface area contributed by atoms with Gasteiger partial charge in [0.15, 0.2) is 0 Å². The van der Waals surface area contributed by atoms with Crippen LogP contribution in [0.25, 0.3) is 0 Å². The first-order valence-corrected chi connectivity index (χ1v) is 7.18. The Hall–Kier alpha value is -0.610. The predicted octanol–water partition coefficient (Wildman–Crippen LogP) is 1.65. The number of hydrogen-bond donors (Lipinski definition) is 1. The largest absolute Gasteiger partial charge is 0.369 e. The number of nitrogens with zero attached hydrogens (tertiary/aromatic N) is 1. The zero-order valence-corrected chi connectivity index (χ0v) is 12.1. The molecule has 0 atom stereocenters. The highest BCUT2D eigenvalue weighted by Gasteiger charge is 2.14. The number of piperidine rings is 1. The number of carbonyl (C=O) groups is 1. The Morgan fingerprint density at radius 3 is 2.67 bits per heavy atom. The van der Waals surface area contributed by atoms with E-state index in [4.69, 9.17) is 4.74 Å². The second kappa shape index (κ2) is 8.48. The van der Waals surface area contributed by atoms with Crippen LogP contribution in [0.4, 0.5) is 0 Å². The van der Waals surface area contributed by atoms with Crippen molar-refractivity contribution in [2.75, 3.05) is 32.8 Å². The van der Waals surface area contributed by atoms with Gasteiger partial charge < -0.3 is 15.0 Å². The average Bonchev–Trinajstić information content (AvgIpc) is 2.34. The van der Waals surface area contributed by atoms with Crippen LogP contribution in [-0.2, 0) is 9.53 Å². The molecule has 106 valence electrons. The lowest BCUT2D eigenvalue weighted by Gasteiger charge is -2.30. The van der Waals surface area contributed by atoms with Gasteiger partial charge in [0.2, 0.25) is 5.91 Å². The molecule has 0 aromatic carbocycles. The minimum Gasteiger partial charge on any atom is -0.369 e. The summed E-state index contributed by atoms with van der Waals surface area (Å²) in [5.41, 5.74) is 0. The molecule has 0 bridgehead atoms. The lowest BCUT2D eigenvalue weighted by Crippen LogP contribution is -2.36. The van der Waals surface area contributed by atoms with Crippen molar-refractivity contribution in [3.63, 3.8) is 0 Å². The lowest BCUT2D eigenvalue weighted by atomic mass is 9.99. The third-order valence-corrected chi connectivity index (χ3v) is 3.40. The molecule has 4 nitrogen and oxygen atoms in total. The molecule has 1 aliphatic heterocycles. The third kappa shape index (κ3) is 6.97. The van der Waals surface area contributed by atoms with Crippen LogP contribution in [0.2, 0.25) is 0 Å². The topological polar surface area (TPSA) is 41.6 Å². The van der Waals surface area contributed by atoms with Gasteiger partial charge in [-0.15, -0.1) is 0 Å². The molecule has 1 rings (SSSR count). The highest BCUT2D eigenvalue weighted by Crippen LogP contribution is 2.15. The molecule has 1 N–H and O–H groups in total. The summed E-state index contributed by atoms with van der Waals surface area (Å²) in [6.07, 6.45) is 3.77. The Morgan fingerprint density at radius 1 is 1.39 bits per heavy atom. The maximum absolute atomic E-state index is 11.4. The van der Waals surface area contributed by atoms with E-state index in [0.29, 0.717) is 0 Å². The summed E-state index contributed by atoms with van der Waals surface area (Å²) in [5, 5.41) is 2.90. The van der Waals surface area contributed by atoms with Gasteiger partial charge in [0.05, 0.1) is 6.10 Å². The molecule has 0 spiro atoms. The average molecular weight is 256 g/mol. The molecule has 4 heteroatoms. The van der Waals surface area contributed by atoms with Crippen LogP contribution in [0.5, 0.6) is 0 Å². The molecule has 0 unspecified atom stereocenters. The second-order valence-electron chi connectivity index (χ2n) is 5.59. The molecule has 1 fully saturated rings. The molecule has 1 aliphatic rings. The fourth-order valence-electron chi connectivity index (χ4n) is 2.11. The first-order valence-electron chi connectivity index (χ1n) is 7.18. The van der Waals surface area contributed by atoms with Crippen LogP contribution in [0.3, 0.4) is 0 Å². The summed E-state index contributed by atoms with van der Waals surface area (Å²) < 4.78 is 5.24. The van der Waals surface area contributed by atoms with E-state index in [0.717, 1.165) is 25.4 Å². The van der Waals surface area contributed by atoms with Crippen LogP contribution in [0, 0.1) is 5.92 Å². The van der Waals surface area contributed by atoms with E-state index in [1.807, 2.05) is 13.8 Å². The van der Waals surface area contributed by atoms with Crippen molar-refractivity contribution in [2.24, 2.45) is 5.92 Å². The van der Waals surface area contributed by atoms with Gasteiger partial charge in [-0.05, 0) is 58.7 Å². The number of ether oxygens (including phenoxy) is 1. The van der Waals surface area contributed by atoms with Gasteiger partial charge in [-0.25, -0.2) is 0 Å². The maximum Gasteiger partial charge on any atom is 0.246 e. The van der Waals surface area contributed by atoms with E-state index in [1.54, 1.807) is 0 Å². The summed E-state index contributed by atoms with van der Waals surface area (Å²) >= 11 is 0. The monoisotopic (exact) mass is 256 g/mol. The van der Waals surface area contributed by atoms with E-state index >= 15 is 0 Å². The van der Waals surface area contributed by atoms with E-state index < -0.39 is 0 Å². The summed E-state index contributed by atoms with van der Waals surface area (Å²) in [4.78, 5) is 13.9. The first kappa shape index (κ1) is 15.4. The molecule has 0 aromatic rings. The van der Waals surface area contributed by atoms with Crippen molar-refractivity contribution < 1.29 is 9.53 Å². The molecular formula is C14H28N2O2. The number of rotatable bonds is 7. The van der Waals surface area contributed by atoms with Gasteiger partial charge in [-0.3, -0.25) is 4.79 Å². The summed E-state index contributed by atoms with van der Waals surface area (Å²) in [5.74, 6) is 0.880. The quantitative estimate of drug-likeness (QED) is 0.704. The second-order valence-corrected chi connectivity index (χ2v) is 5.59. The fraction of sp³-hybridized carbons (Fsp3) is 0.929. The summed E-state index contributed by atoms with van der Waals surface area (Å²) in [7, 11) is 0. The molecule has 0 saturated carbocycles. The molecule has 1 saturated heterocycles. The van der Waals surface area contributed by atoms with Crippen molar-refractivity contribution in [3.8, 4) is 0 Å². The fourth-order valence-corrected chi connectivity index (χ4v) is 2.11. The van der Waals surface area contributed by atoms with Crippen molar-refractivity contribution in [2.45, 2.75) is 46.1 Å². The van der Waals surface area contributed by atoms with Gasteiger partial charge in [-0.2, -0.15) is 0 Å². The Bertz CT molecular complexity index is 236. The first-order chi connectivity index (χ1) is 8.58. The van der Waals surface area contributed by atoms with Gasteiger partial charge in [-0.1, -0.05) is 6.92 Å². The zero-order valence-electron chi connectivity index (χ0n) is 12.1. The molecule has 0 aliphatic carbocycles. The molecule has 0 aromatic heterocycles. The van der Waals surface area contributed by atoms with Crippen LogP contribution < -0.4 is 5.32 Å². The van der Waals surface area contributed by atoms with Gasteiger partial charge in [0.25, 0.3) is 0 Å². The Kier molecular flexibility index (Phi) is 7.28. The standard InChI is InChI=1S/C14H28N2O2/c1-12(2)18-11-14(17)15-7-4-8-16-9-5-13(3)6-10-16/h12-13H,4-11H2,1-3H3,(H,15,17). The predicted molar refractivity (Wildman–Crippen MR) is 73.6 cm³/mol. The van der Waals surface area contributed by atoms with E-state index in [-0.39, 0.29) is 18.6 Å². The molecule has 0 radical (unpaired) electrons. The maximum atomic E-state index is 11.4. The minimum absolute atomic E-state index is 0.00373. The Morgan fingerprint density at radius 2 is 2.06 bits per heavy atom. The van der Waals surface area contributed by atoms with Crippen molar-refractivity contribution >= 4 is 5.91 Å². The van der Waals surface area contributed by atoms with Crippen LogP contribution in [0.15, 0.2) is 0 Å². The van der Waals surface area contributed by atoms with Crippen LogP contribution >= 0.6 is 0 Å². The zero-order chi connectivity index (χ0) is 13.4. The minimum atomic E-state index is -0.00373. The van der Waals surface area contributed by atoms with Crippen LogP contribution in [0.1, 0.15) is 40.0 Å². The molecular weight excluding hydrogens is 228 g/mol. The lowest BCUT2D eigenvalue weighted by molar-refractivity contribution is -0.127. The number of carbonyl (C=O) groups excluding carboxylic acids is 1. The highest BCUT2D eigenvalue weighted by molar-refractivity contribution is 5.77. The molecule has 1 amide bonds. The van der Waals surface area contributed by atoms with E-state index in [9.17, 15) is 4.79 Å². The number of likely N-dealkylation sites (tertiary alicyclic amines) is 1. The smallest absolute Gasteiger partial charge is 0.246 e. The van der Waals surface area contributed by atoms with Crippen molar-refractivity contribution in [3.05, 3.63) is 0 Å². The Labute approximate surface area is 111 Å². The van der Waals surface area contributed by atoms with Crippen molar-refractivity contribution in [1.82, 2.24) is 10.2 Å². The number of amides is 1. The van der Waals surface area contributed by atoms with E-state index in [1.165, 1.54) is 25.9 Å². The van der Waals surface area contributed by atoms with Gasteiger partial charge in [0, 0.05) is 6.54 Å². The summed E-state index contributed by atoms with van der Waals surface area (Å²) in [6.45, 7) is 10.7. The third-order valence-electron chi connectivity index (χ3n) is 3.40. The van der Waals surface area contributed by atoms with Gasteiger partial charge >= 0.3 is 0 Å². The SMILES string of the molecule is CC1CCN(CCCNC(=O)COC(C)C)CC1. The molecule has 18 heavy (non-hydrogen) atoms. The van der Waals surface area contributed by atoms with Crippen LogP contribution in [-0.4, -0.2) is 49.7 Å². The van der Waals surface area contributed by atoms with Gasteiger partial charge in [0.1, 0.15) is 6.61 Å².